The van der Waals surface area contributed by atoms with Crippen LogP contribution < -0.4 is 16.4 Å². The van der Waals surface area contributed by atoms with E-state index >= 15 is 0 Å². The molecule has 4 rings (SSSR count). The van der Waals surface area contributed by atoms with Crippen molar-refractivity contribution in [2.75, 3.05) is 16.4 Å². The van der Waals surface area contributed by atoms with E-state index in [4.69, 9.17) is 5.73 Å². The molecule has 0 saturated heterocycles. The minimum atomic E-state index is -4.77. The Balaban J connectivity index is 0.00000267. The number of aromatic nitrogens is 2. The molecule has 39 heavy (non-hydrogen) atoms. The third-order valence-corrected chi connectivity index (χ3v) is 7.29. The Labute approximate surface area is 251 Å². The van der Waals surface area contributed by atoms with Crippen molar-refractivity contribution in [3.63, 3.8) is 0 Å². The quantitative estimate of drug-likeness (QED) is 0.161. The molecule has 0 fully saturated rings. The van der Waals surface area contributed by atoms with Gasteiger partial charge in [0.05, 0.1) is 16.3 Å². The van der Waals surface area contributed by atoms with Crippen LogP contribution in [0.5, 0.6) is 0 Å². The van der Waals surface area contributed by atoms with Gasteiger partial charge in [-0.05, 0) is 36.4 Å². The van der Waals surface area contributed by atoms with Gasteiger partial charge in [-0.15, -0.1) is 12.4 Å². The normalized spacial score (nSPS) is 11.4. The fourth-order valence-electron chi connectivity index (χ4n) is 3.85. The number of rotatable bonds is 6. The van der Waals surface area contributed by atoms with E-state index < -0.39 is 41.8 Å². The molecular formula is C22H22ClN5NaO8S2. The molecule has 0 aliphatic heterocycles. The van der Waals surface area contributed by atoms with Crippen molar-refractivity contribution in [1.82, 2.24) is 9.13 Å². The molecular weight excluding hydrogens is 585 g/mol. The van der Waals surface area contributed by atoms with E-state index in [0.29, 0.717) is 17.1 Å². The molecule has 0 atom stereocenters. The monoisotopic (exact) mass is 606 g/mol. The van der Waals surface area contributed by atoms with E-state index in [2.05, 4.69) is 10.6 Å². The molecule has 2 aromatic heterocycles. The molecule has 17 heteroatoms. The number of nitrogens with zero attached hydrogens (tertiary/aromatic N) is 2. The number of amides is 2. The maximum atomic E-state index is 13.0. The van der Waals surface area contributed by atoms with Crippen LogP contribution in [0.25, 0.3) is 10.8 Å². The molecule has 2 amide bonds. The van der Waals surface area contributed by atoms with E-state index in [0.717, 1.165) is 18.2 Å². The van der Waals surface area contributed by atoms with Crippen molar-refractivity contribution < 1.29 is 35.5 Å². The molecule has 0 bridgehead atoms. The van der Waals surface area contributed by atoms with Crippen LogP contribution in [0.2, 0.25) is 0 Å². The molecule has 13 nitrogen and oxygen atoms in total. The first kappa shape index (κ1) is 32.3. The van der Waals surface area contributed by atoms with Crippen LogP contribution >= 0.6 is 12.4 Å². The maximum absolute atomic E-state index is 13.0. The van der Waals surface area contributed by atoms with Crippen molar-refractivity contribution >= 4 is 102 Å². The van der Waals surface area contributed by atoms with Gasteiger partial charge in [-0.1, -0.05) is 6.07 Å². The Morgan fingerprint density at radius 2 is 1.38 bits per heavy atom. The summed E-state index contributed by atoms with van der Waals surface area (Å²) in [6, 6.07) is 8.21. The fraction of sp³-hybridized carbons (Fsp3) is 0.0909. The summed E-state index contributed by atoms with van der Waals surface area (Å²) in [5.74, 6) is -1.08. The first-order valence-corrected chi connectivity index (χ1v) is 13.3. The third kappa shape index (κ3) is 6.82. The number of nitrogen functional groups attached to an aromatic ring is 1. The summed E-state index contributed by atoms with van der Waals surface area (Å²) in [6.45, 7) is 0. The molecule has 0 spiro atoms. The van der Waals surface area contributed by atoms with Crippen LogP contribution in [0.3, 0.4) is 0 Å². The third-order valence-electron chi connectivity index (χ3n) is 5.53. The van der Waals surface area contributed by atoms with Crippen LogP contribution in [-0.2, 0) is 34.3 Å². The zero-order chi connectivity index (χ0) is 27.3. The minimum absolute atomic E-state index is 0. The number of hydrogen-bond donors (Lipinski definition) is 5. The number of hydrogen-bond acceptors (Lipinski definition) is 7. The van der Waals surface area contributed by atoms with Gasteiger partial charge in [0.1, 0.15) is 16.3 Å². The van der Waals surface area contributed by atoms with Gasteiger partial charge in [-0.3, -0.25) is 18.7 Å². The number of fused-ring (bicyclic) bond motifs is 1. The SMILES string of the molecule is Cl.Cn1cc(N)cc1C(=O)Nc1cc(C(=O)Nc2ccc(S(=O)(=O)O)c3cc(S(=O)(=O)O)ccc23)n(C)c1.[Na]. The Morgan fingerprint density at radius 3 is 1.95 bits per heavy atom. The molecule has 0 aliphatic rings. The summed E-state index contributed by atoms with van der Waals surface area (Å²) in [7, 11) is -6.22. The van der Waals surface area contributed by atoms with Crippen LogP contribution in [-0.4, -0.2) is 76.4 Å². The van der Waals surface area contributed by atoms with Gasteiger partial charge in [0, 0.05) is 72.5 Å². The van der Waals surface area contributed by atoms with Crippen molar-refractivity contribution in [2.45, 2.75) is 9.79 Å². The Hall–Kier alpha value is -2.89. The molecule has 4 aromatic rings. The van der Waals surface area contributed by atoms with Crippen molar-refractivity contribution in [2.24, 2.45) is 14.1 Å². The summed E-state index contributed by atoms with van der Waals surface area (Å²) >= 11 is 0. The predicted octanol–water partition coefficient (Wildman–Crippen LogP) is 2.14. The molecule has 1 radical (unpaired) electrons. The Bertz CT molecular complexity index is 1820. The zero-order valence-corrected chi connectivity index (χ0v) is 25.2. The summed E-state index contributed by atoms with van der Waals surface area (Å²) < 4.78 is 68.7. The summed E-state index contributed by atoms with van der Waals surface area (Å²) in [5, 5.41) is 5.13. The second kappa shape index (κ2) is 11.7. The van der Waals surface area contributed by atoms with Gasteiger partial charge < -0.3 is 25.5 Å². The number of benzene rings is 2. The number of halogens is 1. The van der Waals surface area contributed by atoms with Crippen LogP contribution in [0.4, 0.5) is 17.1 Å². The van der Waals surface area contributed by atoms with Gasteiger partial charge in [-0.2, -0.15) is 16.8 Å². The Kier molecular flexibility index (Phi) is 9.69. The van der Waals surface area contributed by atoms with Crippen molar-refractivity contribution in [3.05, 3.63) is 66.2 Å². The topological polar surface area (TPSA) is 203 Å². The first-order chi connectivity index (χ1) is 17.1. The average molecular weight is 607 g/mol. The number of carbonyl (C=O) groups is 2. The second-order valence-electron chi connectivity index (χ2n) is 8.17. The molecule has 0 saturated carbocycles. The van der Waals surface area contributed by atoms with Gasteiger partial charge in [0.25, 0.3) is 32.1 Å². The van der Waals surface area contributed by atoms with Gasteiger partial charge >= 0.3 is 0 Å². The standard InChI is InChI=1S/C22H21N5O8S2.ClH.Na/c1-26-10-12(23)7-18(26)21(28)24-13-8-19(27(2)11-13)22(29)25-17-5-6-20(37(33,34)35)16-9-14(36(30,31)32)3-4-15(16)17;;/h3-11H,23H2,1-2H3,(H,24,28)(H,25,29)(H,30,31,32)(H,33,34,35);1H;. The summed E-state index contributed by atoms with van der Waals surface area (Å²) in [4.78, 5) is 24.4. The largest absolute Gasteiger partial charge is 0.397 e. The van der Waals surface area contributed by atoms with E-state index in [1.807, 2.05) is 0 Å². The molecule has 2 aromatic carbocycles. The smallest absolute Gasteiger partial charge is 0.295 e. The molecule has 203 valence electrons. The molecule has 0 aliphatic carbocycles. The van der Waals surface area contributed by atoms with E-state index in [9.17, 15) is 35.5 Å². The molecule has 2 heterocycles. The van der Waals surface area contributed by atoms with Crippen LogP contribution in [0.15, 0.2) is 64.6 Å². The second-order valence-corrected chi connectivity index (χ2v) is 11.0. The van der Waals surface area contributed by atoms with E-state index in [1.54, 1.807) is 24.9 Å². The fourth-order valence-corrected chi connectivity index (χ4v) is 5.04. The molecule has 0 unspecified atom stereocenters. The number of carbonyl (C=O) groups excluding carboxylic acids is 2. The van der Waals surface area contributed by atoms with Gasteiger partial charge in [-0.25, -0.2) is 0 Å². The average Bonchev–Trinajstić information content (AvgIpc) is 3.32. The number of nitrogens with one attached hydrogen (secondary N) is 2. The molecule has 6 N–H and O–H groups in total. The maximum Gasteiger partial charge on any atom is 0.295 e. The van der Waals surface area contributed by atoms with Crippen LogP contribution in [0, 0.1) is 0 Å². The zero-order valence-electron chi connectivity index (χ0n) is 20.7. The minimum Gasteiger partial charge on any atom is -0.397 e. The van der Waals surface area contributed by atoms with Gasteiger partial charge in [0.2, 0.25) is 0 Å². The number of anilines is 3. The van der Waals surface area contributed by atoms with Crippen molar-refractivity contribution in [3.8, 4) is 0 Å². The first-order valence-electron chi connectivity index (χ1n) is 10.4. The number of nitrogens with two attached hydrogens (primary N) is 1. The Morgan fingerprint density at radius 1 is 0.795 bits per heavy atom. The van der Waals surface area contributed by atoms with E-state index in [1.165, 1.54) is 35.0 Å². The summed E-state index contributed by atoms with van der Waals surface area (Å²) in [6.07, 6.45) is 3.09. The van der Waals surface area contributed by atoms with Crippen molar-refractivity contribution in [1.29, 1.82) is 0 Å². The number of aryl methyl sites for hydroxylation is 2. The van der Waals surface area contributed by atoms with Crippen LogP contribution in [0.1, 0.15) is 21.0 Å². The van der Waals surface area contributed by atoms with E-state index in [-0.39, 0.29) is 64.1 Å². The van der Waals surface area contributed by atoms with Gasteiger partial charge in [0.15, 0.2) is 0 Å². The summed E-state index contributed by atoms with van der Waals surface area (Å²) in [5.41, 5.74) is 6.97. The predicted molar refractivity (Wildman–Crippen MR) is 148 cm³/mol.